The Kier molecular flexibility index (Phi) is 6.98. The number of hydrogen-bond acceptors (Lipinski definition) is 5. The van der Waals surface area contributed by atoms with E-state index in [1.807, 2.05) is 30.3 Å². The second kappa shape index (κ2) is 9.44. The van der Waals surface area contributed by atoms with Crippen LogP contribution in [0.15, 0.2) is 48.5 Å². The molecule has 6 heteroatoms. The molecule has 0 heterocycles. The molecule has 1 amide bonds. The zero-order chi connectivity index (χ0) is 18.1. The lowest BCUT2D eigenvalue weighted by Crippen LogP contribution is -2.15. The average Bonchev–Trinajstić information content (AvgIpc) is 2.65. The van der Waals surface area contributed by atoms with Crippen molar-refractivity contribution in [2.45, 2.75) is 19.4 Å². The molecule has 3 N–H and O–H groups in total. The summed E-state index contributed by atoms with van der Waals surface area (Å²) in [6.07, 6.45) is 0.889. The number of methoxy groups -OCH3 is 1. The number of esters is 1. The lowest BCUT2D eigenvalue weighted by Gasteiger charge is -2.14. The first-order valence-electron chi connectivity index (χ1n) is 8.03. The van der Waals surface area contributed by atoms with Crippen molar-refractivity contribution in [3.63, 3.8) is 0 Å². The van der Waals surface area contributed by atoms with Gasteiger partial charge >= 0.3 is 5.97 Å². The molecule has 0 aromatic heterocycles. The smallest absolute Gasteiger partial charge is 0.337 e. The molecular formula is C19H22N2O4. The fourth-order valence-corrected chi connectivity index (χ4v) is 2.21. The second-order valence-electron chi connectivity index (χ2n) is 5.42. The van der Waals surface area contributed by atoms with Crippen LogP contribution in [0.4, 0.5) is 5.69 Å². The summed E-state index contributed by atoms with van der Waals surface area (Å²) in [7, 11) is 1.31. The number of nitrogens with two attached hydrogens (primary N) is 1. The number of anilines is 1. The number of amides is 1. The van der Waals surface area contributed by atoms with Crippen molar-refractivity contribution in [2.75, 3.05) is 19.0 Å². The zero-order valence-corrected chi connectivity index (χ0v) is 14.2. The molecule has 0 aliphatic heterocycles. The monoisotopic (exact) mass is 342 g/mol. The summed E-state index contributed by atoms with van der Waals surface area (Å²) >= 11 is 0. The summed E-state index contributed by atoms with van der Waals surface area (Å²) in [6, 6.07) is 14.5. The van der Waals surface area contributed by atoms with Crippen molar-refractivity contribution in [1.29, 1.82) is 0 Å². The van der Waals surface area contributed by atoms with Crippen LogP contribution in [0.1, 0.15) is 28.8 Å². The van der Waals surface area contributed by atoms with Gasteiger partial charge in [0, 0.05) is 6.42 Å². The molecule has 0 unspecified atom stereocenters. The number of carbonyl (C=O) groups is 2. The van der Waals surface area contributed by atoms with Gasteiger partial charge in [-0.2, -0.15) is 0 Å². The Morgan fingerprint density at radius 3 is 2.56 bits per heavy atom. The highest BCUT2D eigenvalue weighted by molar-refractivity contribution is 5.96. The SMILES string of the molecule is COC(=O)c1ccc(OCc2ccccc2)c(NC(=O)CCCN)c1. The van der Waals surface area contributed by atoms with E-state index >= 15 is 0 Å². The van der Waals surface area contributed by atoms with E-state index in [2.05, 4.69) is 5.32 Å². The van der Waals surface area contributed by atoms with E-state index in [1.165, 1.54) is 7.11 Å². The molecule has 25 heavy (non-hydrogen) atoms. The molecule has 2 aromatic rings. The van der Waals surface area contributed by atoms with E-state index in [1.54, 1.807) is 18.2 Å². The van der Waals surface area contributed by atoms with E-state index < -0.39 is 5.97 Å². The first kappa shape index (κ1) is 18.5. The number of ether oxygens (including phenoxy) is 2. The maximum Gasteiger partial charge on any atom is 0.337 e. The summed E-state index contributed by atoms with van der Waals surface area (Å²) in [5.74, 6) is -0.179. The Balaban J connectivity index is 2.17. The maximum atomic E-state index is 12.0. The fourth-order valence-electron chi connectivity index (χ4n) is 2.21. The van der Waals surface area contributed by atoms with E-state index in [9.17, 15) is 9.59 Å². The number of carbonyl (C=O) groups excluding carboxylic acids is 2. The molecule has 0 saturated carbocycles. The van der Waals surface area contributed by atoms with Crippen LogP contribution < -0.4 is 15.8 Å². The summed E-state index contributed by atoms with van der Waals surface area (Å²) in [5, 5.41) is 2.77. The molecule has 0 aliphatic rings. The Labute approximate surface area is 146 Å². The van der Waals surface area contributed by atoms with Gasteiger partial charge in [-0.15, -0.1) is 0 Å². The summed E-state index contributed by atoms with van der Waals surface area (Å²) in [4.78, 5) is 23.7. The predicted molar refractivity (Wildman–Crippen MR) is 95.5 cm³/mol. The molecule has 0 fully saturated rings. The number of benzene rings is 2. The van der Waals surface area contributed by atoms with Gasteiger partial charge in [0.15, 0.2) is 0 Å². The van der Waals surface area contributed by atoms with Crippen molar-refractivity contribution < 1.29 is 19.1 Å². The maximum absolute atomic E-state index is 12.0. The van der Waals surface area contributed by atoms with Crippen molar-refractivity contribution in [1.82, 2.24) is 0 Å². The highest BCUT2D eigenvalue weighted by atomic mass is 16.5. The molecular weight excluding hydrogens is 320 g/mol. The standard InChI is InChI=1S/C19H22N2O4/c1-24-19(23)15-9-10-17(25-13-14-6-3-2-4-7-14)16(12-15)21-18(22)8-5-11-20/h2-4,6-7,9-10,12H,5,8,11,13,20H2,1H3,(H,21,22). The predicted octanol–water partition coefficient (Wildman–Crippen LogP) is 2.73. The normalized spacial score (nSPS) is 10.2. The average molecular weight is 342 g/mol. The summed E-state index contributed by atoms with van der Waals surface area (Å²) in [6.45, 7) is 0.789. The zero-order valence-electron chi connectivity index (χ0n) is 14.2. The van der Waals surface area contributed by atoms with Gasteiger partial charge in [0.05, 0.1) is 18.4 Å². The van der Waals surface area contributed by atoms with Gasteiger partial charge in [-0.05, 0) is 36.7 Å². The van der Waals surface area contributed by atoms with E-state index in [0.717, 1.165) is 5.56 Å². The first-order valence-corrected chi connectivity index (χ1v) is 8.03. The van der Waals surface area contributed by atoms with Gasteiger partial charge in [-0.3, -0.25) is 4.79 Å². The third-order valence-electron chi connectivity index (χ3n) is 3.52. The number of nitrogens with one attached hydrogen (secondary N) is 1. The van der Waals surface area contributed by atoms with Gasteiger partial charge in [0.1, 0.15) is 12.4 Å². The van der Waals surface area contributed by atoms with Gasteiger partial charge < -0.3 is 20.5 Å². The molecule has 0 aliphatic carbocycles. The summed E-state index contributed by atoms with van der Waals surface area (Å²) in [5.41, 5.74) is 7.20. The third-order valence-corrected chi connectivity index (χ3v) is 3.52. The third kappa shape index (κ3) is 5.61. The molecule has 6 nitrogen and oxygen atoms in total. The van der Waals surface area contributed by atoms with Crippen LogP contribution in [0.3, 0.4) is 0 Å². The molecule has 0 radical (unpaired) electrons. The lowest BCUT2D eigenvalue weighted by atomic mass is 10.1. The van der Waals surface area contributed by atoms with Crippen LogP contribution in [0.2, 0.25) is 0 Å². The topological polar surface area (TPSA) is 90.6 Å². The molecule has 2 rings (SSSR count). The molecule has 0 bridgehead atoms. The van der Waals surface area contributed by atoms with Crippen molar-refractivity contribution >= 4 is 17.6 Å². The van der Waals surface area contributed by atoms with Crippen LogP contribution in [0, 0.1) is 0 Å². The minimum Gasteiger partial charge on any atom is -0.487 e. The van der Waals surface area contributed by atoms with Crippen molar-refractivity contribution in [3.8, 4) is 5.75 Å². The van der Waals surface area contributed by atoms with Gasteiger partial charge in [-0.1, -0.05) is 30.3 Å². The van der Waals surface area contributed by atoms with E-state index in [4.69, 9.17) is 15.2 Å². The Hall–Kier alpha value is -2.86. The number of rotatable bonds is 8. The molecule has 2 aromatic carbocycles. The van der Waals surface area contributed by atoms with Gasteiger partial charge in [0.25, 0.3) is 0 Å². The van der Waals surface area contributed by atoms with Crippen molar-refractivity contribution in [2.24, 2.45) is 5.73 Å². The van der Waals surface area contributed by atoms with E-state index in [-0.39, 0.29) is 5.91 Å². The quantitative estimate of drug-likeness (QED) is 0.720. The second-order valence-corrected chi connectivity index (χ2v) is 5.42. The lowest BCUT2D eigenvalue weighted by molar-refractivity contribution is -0.116. The van der Waals surface area contributed by atoms with Gasteiger partial charge in [-0.25, -0.2) is 4.79 Å². The molecule has 0 atom stereocenters. The molecule has 0 saturated heterocycles. The summed E-state index contributed by atoms with van der Waals surface area (Å²) < 4.78 is 10.5. The Morgan fingerprint density at radius 1 is 1.12 bits per heavy atom. The minimum absolute atomic E-state index is 0.183. The molecule has 132 valence electrons. The fraction of sp³-hybridized carbons (Fsp3) is 0.263. The van der Waals surface area contributed by atoms with E-state index in [0.29, 0.717) is 43.0 Å². The van der Waals surface area contributed by atoms with Crippen LogP contribution >= 0.6 is 0 Å². The number of hydrogen-bond donors (Lipinski definition) is 2. The van der Waals surface area contributed by atoms with Crippen LogP contribution in [-0.4, -0.2) is 25.5 Å². The highest BCUT2D eigenvalue weighted by Crippen LogP contribution is 2.27. The van der Waals surface area contributed by atoms with Crippen molar-refractivity contribution in [3.05, 3.63) is 59.7 Å². The minimum atomic E-state index is -0.480. The van der Waals surface area contributed by atoms with Gasteiger partial charge in [0.2, 0.25) is 5.91 Å². The first-order chi connectivity index (χ1) is 12.1. The van der Waals surface area contributed by atoms with Crippen LogP contribution in [-0.2, 0) is 16.1 Å². The highest BCUT2D eigenvalue weighted by Gasteiger charge is 2.13. The largest absolute Gasteiger partial charge is 0.487 e. The Morgan fingerprint density at radius 2 is 1.88 bits per heavy atom. The Bertz CT molecular complexity index is 717. The van der Waals surface area contributed by atoms with Crippen LogP contribution in [0.25, 0.3) is 0 Å². The van der Waals surface area contributed by atoms with Crippen LogP contribution in [0.5, 0.6) is 5.75 Å². The molecule has 0 spiro atoms.